The summed E-state index contributed by atoms with van der Waals surface area (Å²) in [5.74, 6) is 0.938. The minimum absolute atomic E-state index is 0.250. The van der Waals surface area contributed by atoms with Crippen molar-refractivity contribution in [2.24, 2.45) is 0 Å². The third kappa shape index (κ3) is 8.76. The summed E-state index contributed by atoms with van der Waals surface area (Å²) < 4.78 is 12.3. The molecule has 0 saturated heterocycles. The van der Waals surface area contributed by atoms with Crippen LogP contribution in [0.25, 0.3) is 0 Å². The van der Waals surface area contributed by atoms with E-state index in [1.165, 1.54) is 5.57 Å². The van der Waals surface area contributed by atoms with Crippen LogP contribution in [-0.2, 0) is 8.85 Å². The molecule has 22 heavy (non-hydrogen) atoms. The van der Waals surface area contributed by atoms with Crippen molar-refractivity contribution in [2.45, 2.75) is 72.4 Å². The summed E-state index contributed by atoms with van der Waals surface area (Å²) in [6.07, 6.45) is 8.21. The monoisotopic (exact) mass is 340 g/mol. The van der Waals surface area contributed by atoms with Gasteiger partial charge in [0.05, 0.1) is 6.61 Å². The van der Waals surface area contributed by atoms with Gasteiger partial charge < -0.3 is 8.85 Å². The molecule has 0 aromatic heterocycles. The van der Waals surface area contributed by atoms with Crippen LogP contribution < -0.4 is 0 Å². The number of hydrogen-bond acceptors (Lipinski definition) is 2. The largest absolute Gasteiger partial charge is 0.544 e. The van der Waals surface area contributed by atoms with Gasteiger partial charge in [-0.15, -0.1) is 0 Å². The molecule has 2 nitrogen and oxygen atoms in total. The highest BCUT2D eigenvalue weighted by Crippen LogP contribution is 2.36. The first-order chi connectivity index (χ1) is 9.78. The second-order valence-electron chi connectivity index (χ2n) is 8.35. The summed E-state index contributed by atoms with van der Waals surface area (Å²) in [6.45, 7) is 22.8. The summed E-state index contributed by atoms with van der Waals surface area (Å²) in [4.78, 5) is 0. The maximum Gasteiger partial charge on any atom is 0.242 e. The van der Waals surface area contributed by atoms with Crippen molar-refractivity contribution in [3.8, 4) is 0 Å². The number of allylic oxidation sites excluding steroid dienone is 4. The zero-order valence-corrected chi connectivity index (χ0v) is 18.3. The van der Waals surface area contributed by atoms with E-state index in [0.717, 1.165) is 5.76 Å². The highest BCUT2D eigenvalue weighted by Gasteiger charge is 2.36. The normalized spacial score (nSPS) is 15.5. The summed E-state index contributed by atoms with van der Waals surface area (Å²) >= 11 is 0. The SMILES string of the molecule is C/C=C/C(=C/C=C(\C)CO[Si](C)(C)C(C)(C)C)O[Si](C)(C)C. The van der Waals surface area contributed by atoms with Gasteiger partial charge in [-0.25, -0.2) is 0 Å². The lowest BCUT2D eigenvalue weighted by Gasteiger charge is -2.36. The van der Waals surface area contributed by atoms with Crippen LogP contribution in [0.2, 0.25) is 37.8 Å². The van der Waals surface area contributed by atoms with Crippen LogP contribution in [0.1, 0.15) is 34.6 Å². The topological polar surface area (TPSA) is 18.5 Å². The average molecular weight is 341 g/mol. The lowest BCUT2D eigenvalue weighted by atomic mass is 10.2. The molecule has 0 unspecified atom stereocenters. The Balaban J connectivity index is 4.86. The molecule has 0 aliphatic rings. The molecular formula is C18H36O2Si2. The van der Waals surface area contributed by atoms with Gasteiger partial charge in [0.1, 0.15) is 5.76 Å². The molecule has 0 aliphatic carbocycles. The Bertz CT molecular complexity index is 433. The standard InChI is InChI=1S/C18H36O2Si2/c1-11-12-17(20-21(6,7)8)14-13-16(2)15-19-22(9,10)18(3,4)5/h11-14H,15H2,1-10H3/b12-11+,16-13+,17-14-. The first kappa shape index (κ1) is 21.4. The van der Waals surface area contributed by atoms with Gasteiger partial charge in [0.2, 0.25) is 8.32 Å². The second kappa shape index (κ2) is 8.32. The van der Waals surface area contributed by atoms with E-state index in [1.807, 2.05) is 19.1 Å². The summed E-state index contributed by atoms with van der Waals surface area (Å²) in [7, 11) is -3.25. The molecule has 0 atom stereocenters. The Labute approximate surface area is 140 Å². The summed E-state index contributed by atoms with van der Waals surface area (Å²) in [5.41, 5.74) is 1.23. The fourth-order valence-corrected chi connectivity index (χ4v) is 3.29. The molecule has 0 fully saturated rings. The Morgan fingerprint density at radius 2 is 1.55 bits per heavy atom. The third-order valence-corrected chi connectivity index (χ3v) is 9.08. The molecular weight excluding hydrogens is 304 g/mol. The van der Waals surface area contributed by atoms with Crippen LogP contribution >= 0.6 is 0 Å². The Morgan fingerprint density at radius 3 is 1.95 bits per heavy atom. The van der Waals surface area contributed by atoms with Gasteiger partial charge in [0.25, 0.3) is 0 Å². The van der Waals surface area contributed by atoms with E-state index in [9.17, 15) is 0 Å². The van der Waals surface area contributed by atoms with Gasteiger partial charge in [-0.2, -0.15) is 0 Å². The molecule has 0 heterocycles. The number of rotatable bonds is 7. The Kier molecular flexibility index (Phi) is 8.10. The van der Waals surface area contributed by atoms with Crippen molar-refractivity contribution in [1.82, 2.24) is 0 Å². The molecule has 0 aliphatic heterocycles. The molecule has 0 N–H and O–H groups in total. The smallest absolute Gasteiger partial charge is 0.242 e. The zero-order chi connectivity index (χ0) is 17.6. The van der Waals surface area contributed by atoms with Crippen molar-refractivity contribution < 1.29 is 8.85 Å². The Hall–Kier alpha value is -0.586. The summed E-state index contributed by atoms with van der Waals surface area (Å²) in [5, 5.41) is 0.250. The maximum atomic E-state index is 6.24. The third-order valence-electron chi connectivity index (χ3n) is 3.75. The summed E-state index contributed by atoms with van der Waals surface area (Å²) in [6, 6.07) is 0. The zero-order valence-electron chi connectivity index (χ0n) is 16.3. The van der Waals surface area contributed by atoms with E-state index in [-0.39, 0.29) is 5.04 Å². The lowest BCUT2D eigenvalue weighted by molar-refractivity contribution is 0.318. The van der Waals surface area contributed by atoms with Crippen molar-refractivity contribution in [3.05, 3.63) is 35.6 Å². The molecule has 0 radical (unpaired) electrons. The van der Waals surface area contributed by atoms with Gasteiger partial charge >= 0.3 is 0 Å². The molecule has 0 saturated carbocycles. The minimum atomic E-state index is -1.68. The van der Waals surface area contributed by atoms with Crippen molar-refractivity contribution >= 4 is 16.6 Å². The minimum Gasteiger partial charge on any atom is -0.544 e. The lowest BCUT2D eigenvalue weighted by Crippen LogP contribution is -2.41. The molecule has 0 spiro atoms. The highest BCUT2D eigenvalue weighted by molar-refractivity contribution is 6.74. The van der Waals surface area contributed by atoms with E-state index in [1.54, 1.807) is 0 Å². The van der Waals surface area contributed by atoms with Crippen LogP contribution in [0.4, 0.5) is 0 Å². The van der Waals surface area contributed by atoms with Gasteiger partial charge in [-0.05, 0) is 69.3 Å². The first-order valence-corrected chi connectivity index (χ1v) is 14.4. The van der Waals surface area contributed by atoms with Crippen LogP contribution in [0.5, 0.6) is 0 Å². The molecule has 0 aromatic rings. The van der Waals surface area contributed by atoms with E-state index < -0.39 is 16.6 Å². The van der Waals surface area contributed by atoms with Crippen molar-refractivity contribution in [2.75, 3.05) is 6.61 Å². The van der Waals surface area contributed by atoms with Crippen LogP contribution in [-0.4, -0.2) is 23.2 Å². The van der Waals surface area contributed by atoms with E-state index in [4.69, 9.17) is 8.85 Å². The van der Waals surface area contributed by atoms with Crippen molar-refractivity contribution in [3.63, 3.8) is 0 Å². The van der Waals surface area contributed by atoms with Crippen LogP contribution in [0.3, 0.4) is 0 Å². The molecule has 0 amide bonds. The van der Waals surface area contributed by atoms with E-state index in [0.29, 0.717) is 6.61 Å². The van der Waals surface area contributed by atoms with Gasteiger partial charge in [0, 0.05) is 0 Å². The first-order valence-electron chi connectivity index (χ1n) is 8.11. The van der Waals surface area contributed by atoms with Crippen molar-refractivity contribution in [1.29, 1.82) is 0 Å². The predicted molar refractivity (Wildman–Crippen MR) is 104 cm³/mol. The quantitative estimate of drug-likeness (QED) is 0.309. The van der Waals surface area contributed by atoms with Gasteiger partial charge in [0.15, 0.2) is 8.32 Å². The number of hydrogen-bond donors (Lipinski definition) is 0. The second-order valence-corrected chi connectivity index (χ2v) is 17.6. The molecule has 0 rings (SSSR count). The molecule has 4 heteroatoms. The van der Waals surface area contributed by atoms with Gasteiger partial charge in [-0.3, -0.25) is 0 Å². The van der Waals surface area contributed by atoms with E-state index in [2.05, 4.69) is 72.6 Å². The van der Waals surface area contributed by atoms with Crippen LogP contribution in [0.15, 0.2) is 35.6 Å². The predicted octanol–water partition coefficient (Wildman–Crippen LogP) is 6.27. The van der Waals surface area contributed by atoms with Gasteiger partial charge in [-0.1, -0.05) is 32.9 Å². The van der Waals surface area contributed by atoms with E-state index >= 15 is 0 Å². The Morgan fingerprint density at radius 1 is 1.00 bits per heavy atom. The fourth-order valence-electron chi connectivity index (χ4n) is 1.42. The highest BCUT2D eigenvalue weighted by atomic mass is 28.4. The molecule has 0 bridgehead atoms. The molecule has 128 valence electrons. The maximum absolute atomic E-state index is 6.24. The fraction of sp³-hybridized carbons (Fsp3) is 0.667. The van der Waals surface area contributed by atoms with Crippen LogP contribution in [0, 0.1) is 0 Å². The molecule has 0 aromatic carbocycles. The average Bonchev–Trinajstić information content (AvgIpc) is 2.30.